The Labute approximate surface area is 122 Å². The van der Waals surface area contributed by atoms with E-state index in [1.165, 1.54) is 12.8 Å². The van der Waals surface area contributed by atoms with Crippen LogP contribution in [0.25, 0.3) is 0 Å². The van der Waals surface area contributed by atoms with E-state index in [0.717, 1.165) is 12.8 Å². The van der Waals surface area contributed by atoms with Crippen LogP contribution in [0.5, 0.6) is 0 Å². The molecule has 0 saturated heterocycles. The molecule has 6 heteroatoms. The van der Waals surface area contributed by atoms with Crippen LogP contribution in [-0.2, 0) is 4.79 Å². The van der Waals surface area contributed by atoms with Gasteiger partial charge in [0, 0.05) is 19.1 Å². The van der Waals surface area contributed by atoms with E-state index in [1.54, 1.807) is 0 Å². The third-order valence-corrected chi connectivity index (χ3v) is 3.95. The van der Waals surface area contributed by atoms with Crippen molar-refractivity contribution in [2.24, 2.45) is 22.8 Å². The van der Waals surface area contributed by atoms with E-state index in [4.69, 9.17) is 11.5 Å². The van der Waals surface area contributed by atoms with Gasteiger partial charge in [0.1, 0.15) is 0 Å². The number of nitrogens with two attached hydrogens (primary N) is 2. The highest BCUT2D eigenvalue weighted by atomic mass is 35.5. The fourth-order valence-electron chi connectivity index (χ4n) is 2.04. The average Bonchev–Trinajstić information content (AvgIpc) is 3.13. The Morgan fingerprint density at radius 1 is 1.33 bits per heavy atom. The zero-order valence-electron chi connectivity index (χ0n) is 11.3. The number of amides is 1. The number of hydrogen-bond donors (Lipinski definition) is 3. The van der Waals surface area contributed by atoms with E-state index in [-0.39, 0.29) is 36.8 Å². The van der Waals surface area contributed by atoms with E-state index >= 15 is 0 Å². The van der Waals surface area contributed by atoms with Gasteiger partial charge in [0.05, 0.1) is 5.41 Å². The van der Waals surface area contributed by atoms with Crippen LogP contribution < -0.4 is 16.8 Å². The molecule has 0 spiro atoms. The maximum absolute atomic E-state index is 12.1. The number of halogens is 2. The minimum absolute atomic E-state index is 0. The highest BCUT2D eigenvalue weighted by Crippen LogP contribution is 2.31. The Kier molecular flexibility index (Phi) is 10.1. The Morgan fingerprint density at radius 2 is 1.83 bits per heavy atom. The van der Waals surface area contributed by atoms with Crippen molar-refractivity contribution >= 4 is 30.7 Å². The molecule has 18 heavy (non-hydrogen) atoms. The Bertz CT molecular complexity index is 235. The smallest absolute Gasteiger partial charge is 0.227 e. The molecule has 1 rings (SSSR count). The summed E-state index contributed by atoms with van der Waals surface area (Å²) in [6.45, 7) is 5.02. The molecule has 1 aliphatic carbocycles. The van der Waals surface area contributed by atoms with Crippen LogP contribution in [0.3, 0.4) is 0 Å². The van der Waals surface area contributed by atoms with Crippen molar-refractivity contribution in [2.75, 3.05) is 13.1 Å². The third-order valence-electron chi connectivity index (χ3n) is 3.95. The molecule has 110 valence electrons. The second-order valence-corrected chi connectivity index (χ2v) is 4.90. The van der Waals surface area contributed by atoms with Crippen molar-refractivity contribution in [2.45, 2.75) is 45.6 Å². The van der Waals surface area contributed by atoms with Gasteiger partial charge in [-0.3, -0.25) is 4.79 Å². The first kappa shape index (κ1) is 20.3. The summed E-state index contributed by atoms with van der Waals surface area (Å²) in [6, 6.07) is 0.119. The van der Waals surface area contributed by atoms with Crippen LogP contribution in [0.1, 0.15) is 39.5 Å². The van der Waals surface area contributed by atoms with Gasteiger partial charge in [0.15, 0.2) is 0 Å². The summed E-state index contributed by atoms with van der Waals surface area (Å²) in [7, 11) is 0. The van der Waals surface area contributed by atoms with Crippen LogP contribution in [0.15, 0.2) is 0 Å². The summed E-state index contributed by atoms with van der Waals surface area (Å²) in [5.74, 6) is 0.687. The highest BCUT2D eigenvalue weighted by molar-refractivity contribution is 5.85. The zero-order chi connectivity index (χ0) is 12.2. The molecule has 4 nitrogen and oxygen atoms in total. The molecule has 0 heterocycles. The molecule has 1 atom stereocenters. The van der Waals surface area contributed by atoms with Gasteiger partial charge in [-0.05, 0) is 31.6 Å². The topological polar surface area (TPSA) is 81.1 Å². The van der Waals surface area contributed by atoms with Crippen molar-refractivity contribution in [3.05, 3.63) is 0 Å². The SMILES string of the molecule is CCC(CC)(CN)C(=O)NCC(N)C1CC1.Cl.Cl. The number of carbonyl (C=O) groups excluding carboxylic acids is 1. The van der Waals surface area contributed by atoms with E-state index < -0.39 is 5.41 Å². The fourth-order valence-corrected chi connectivity index (χ4v) is 2.04. The maximum atomic E-state index is 12.1. The summed E-state index contributed by atoms with van der Waals surface area (Å²) < 4.78 is 0. The lowest BCUT2D eigenvalue weighted by atomic mass is 9.81. The molecule has 0 aliphatic heterocycles. The van der Waals surface area contributed by atoms with Crippen LogP contribution in [0.2, 0.25) is 0 Å². The number of nitrogens with one attached hydrogen (secondary N) is 1. The number of hydrogen-bond acceptors (Lipinski definition) is 3. The first-order valence-electron chi connectivity index (χ1n) is 6.33. The molecule has 1 unspecified atom stereocenters. The van der Waals surface area contributed by atoms with E-state index in [0.29, 0.717) is 19.0 Å². The van der Waals surface area contributed by atoms with Gasteiger partial charge in [-0.2, -0.15) is 0 Å². The summed E-state index contributed by atoms with van der Waals surface area (Å²) in [6.07, 6.45) is 3.98. The van der Waals surface area contributed by atoms with Gasteiger partial charge in [-0.25, -0.2) is 0 Å². The Hall–Kier alpha value is -0.0300. The molecular weight excluding hydrogens is 273 g/mol. The van der Waals surface area contributed by atoms with Gasteiger partial charge in [0.25, 0.3) is 0 Å². The standard InChI is InChI=1S/C12H25N3O.2ClH/c1-3-12(4-2,8-13)11(16)15-7-10(14)9-5-6-9;;/h9-10H,3-8,13-14H2,1-2H3,(H,15,16);2*1H. The molecule has 0 aromatic rings. The van der Waals surface area contributed by atoms with Crippen LogP contribution >= 0.6 is 24.8 Å². The quantitative estimate of drug-likeness (QED) is 0.665. The molecule has 0 radical (unpaired) electrons. The summed E-state index contributed by atoms with van der Waals surface area (Å²) >= 11 is 0. The van der Waals surface area contributed by atoms with Crippen LogP contribution in [-0.4, -0.2) is 25.0 Å². The minimum Gasteiger partial charge on any atom is -0.354 e. The zero-order valence-corrected chi connectivity index (χ0v) is 12.9. The van der Waals surface area contributed by atoms with Crippen LogP contribution in [0, 0.1) is 11.3 Å². The van der Waals surface area contributed by atoms with Crippen molar-refractivity contribution in [1.82, 2.24) is 5.32 Å². The minimum atomic E-state index is -0.400. The second-order valence-electron chi connectivity index (χ2n) is 4.90. The molecule has 1 saturated carbocycles. The molecule has 0 bridgehead atoms. The van der Waals surface area contributed by atoms with Gasteiger partial charge < -0.3 is 16.8 Å². The maximum Gasteiger partial charge on any atom is 0.227 e. The fraction of sp³-hybridized carbons (Fsp3) is 0.917. The summed E-state index contributed by atoms with van der Waals surface area (Å²) in [4.78, 5) is 12.1. The third kappa shape index (κ3) is 4.92. The first-order chi connectivity index (χ1) is 7.59. The summed E-state index contributed by atoms with van der Waals surface area (Å²) in [5.41, 5.74) is 11.3. The molecular formula is C12H27Cl2N3O. The molecule has 0 aromatic heterocycles. The van der Waals surface area contributed by atoms with E-state index in [2.05, 4.69) is 5.32 Å². The van der Waals surface area contributed by atoms with Crippen molar-refractivity contribution in [3.63, 3.8) is 0 Å². The lowest BCUT2D eigenvalue weighted by Crippen LogP contribution is -2.48. The average molecular weight is 300 g/mol. The lowest BCUT2D eigenvalue weighted by molar-refractivity contribution is -0.131. The van der Waals surface area contributed by atoms with Gasteiger partial charge in [-0.15, -0.1) is 24.8 Å². The molecule has 1 aliphatic rings. The normalized spacial score (nSPS) is 16.2. The molecule has 1 fully saturated rings. The summed E-state index contributed by atoms with van der Waals surface area (Å²) in [5, 5.41) is 2.95. The highest BCUT2D eigenvalue weighted by Gasteiger charge is 2.34. The van der Waals surface area contributed by atoms with Crippen molar-refractivity contribution in [1.29, 1.82) is 0 Å². The van der Waals surface area contributed by atoms with Crippen LogP contribution in [0.4, 0.5) is 0 Å². The van der Waals surface area contributed by atoms with Crippen molar-refractivity contribution in [3.8, 4) is 0 Å². The first-order valence-corrected chi connectivity index (χ1v) is 6.33. The van der Waals surface area contributed by atoms with E-state index in [9.17, 15) is 4.79 Å². The van der Waals surface area contributed by atoms with Crippen molar-refractivity contribution < 1.29 is 4.79 Å². The monoisotopic (exact) mass is 299 g/mol. The lowest BCUT2D eigenvalue weighted by Gasteiger charge is -2.29. The molecule has 5 N–H and O–H groups in total. The van der Waals surface area contributed by atoms with Gasteiger partial charge >= 0.3 is 0 Å². The van der Waals surface area contributed by atoms with Gasteiger partial charge in [-0.1, -0.05) is 13.8 Å². The number of carbonyl (C=O) groups is 1. The molecule has 1 amide bonds. The van der Waals surface area contributed by atoms with E-state index in [1.807, 2.05) is 13.8 Å². The second kappa shape index (κ2) is 8.97. The van der Waals surface area contributed by atoms with Gasteiger partial charge in [0.2, 0.25) is 5.91 Å². The largest absolute Gasteiger partial charge is 0.354 e. The number of rotatable bonds is 7. The Morgan fingerprint density at radius 3 is 2.17 bits per heavy atom. The predicted octanol–water partition coefficient (Wildman–Crippen LogP) is 1.45. The molecule has 0 aromatic carbocycles. The Balaban J connectivity index is 0. The predicted molar refractivity (Wildman–Crippen MR) is 80.3 cm³/mol.